The topological polar surface area (TPSA) is 67.9 Å². The molecule has 0 saturated heterocycles. The van der Waals surface area contributed by atoms with Crippen LogP contribution in [0.1, 0.15) is 42.2 Å². The third-order valence-corrected chi connectivity index (χ3v) is 7.02. The van der Waals surface area contributed by atoms with Gasteiger partial charge >= 0.3 is 0 Å². The minimum atomic E-state index is -0.837. The van der Waals surface area contributed by atoms with Gasteiger partial charge in [0.1, 0.15) is 17.5 Å². The molecule has 1 aliphatic carbocycles. The number of nitrogens with one attached hydrogen (secondary N) is 1. The van der Waals surface area contributed by atoms with Crippen molar-refractivity contribution in [1.82, 2.24) is 5.32 Å². The van der Waals surface area contributed by atoms with Crippen LogP contribution >= 0.6 is 11.3 Å². The van der Waals surface area contributed by atoms with E-state index in [9.17, 15) is 9.59 Å². The number of nitrogens with zero attached hydrogens (tertiary/aromatic N) is 1. The Hall–Kier alpha value is -3.32. The van der Waals surface area contributed by atoms with Crippen LogP contribution < -0.4 is 19.7 Å². The number of hydrogen-bond donors (Lipinski definition) is 1. The third kappa shape index (κ3) is 5.42. The van der Waals surface area contributed by atoms with Crippen LogP contribution in [-0.2, 0) is 16.0 Å². The second kappa shape index (κ2) is 11.2. The summed E-state index contributed by atoms with van der Waals surface area (Å²) in [6.45, 7) is 0. The molecule has 2 aromatic carbocycles. The molecule has 1 atom stereocenters. The fraction of sp³-hybridized carbons (Fsp3) is 0.333. The molecule has 1 N–H and O–H groups in total. The zero-order valence-electron chi connectivity index (χ0n) is 19.5. The van der Waals surface area contributed by atoms with E-state index in [1.165, 1.54) is 11.3 Å². The minimum absolute atomic E-state index is 0.130. The quantitative estimate of drug-likeness (QED) is 0.462. The number of carbonyl (C=O) groups is 2. The molecule has 1 saturated carbocycles. The van der Waals surface area contributed by atoms with Crippen molar-refractivity contribution in [1.29, 1.82) is 0 Å². The summed E-state index contributed by atoms with van der Waals surface area (Å²) in [4.78, 5) is 30.1. The molecule has 2 amide bonds. The molecular formula is C27H30N2O4S. The standard InChI is InChI=1S/C27H30N2O4S/c1-32-21-14-15-23(24(17-21)33-2)29(25(30)18-22-13-8-16-34-22)26(19-9-4-3-5-10-19)27(31)28-20-11-6-7-12-20/h3-5,8-10,13-17,20,26H,6-7,11-12,18H2,1-2H3,(H,28,31). The second-order valence-corrected chi connectivity index (χ2v) is 9.39. The number of methoxy groups -OCH3 is 2. The van der Waals surface area contributed by atoms with Gasteiger partial charge in [0.05, 0.1) is 26.3 Å². The number of benzene rings is 2. The lowest BCUT2D eigenvalue weighted by atomic mass is 10.0. The maximum atomic E-state index is 13.9. The molecule has 3 aromatic rings. The Bertz CT molecular complexity index is 1100. The molecule has 1 aliphatic rings. The maximum absolute atomic E-state index is 13.9. The summed E-state index contributed by atoms with van der Waals surface area (Å²) in [7, 11) is 3.13. The molecule has 178 valence electrons. The van der Waals surface area contributed by atoms with Gasteiger partial charge in [0, 0.05) is 17.0 Å². The van der Waals surface area contributed by atoms with Crippen LogP contribution in [0.3, 0.4) is 0 Å². The first kappa shape index (κ1) is 23.8. The van der Waals surface area contributed by atoms with Crippen LogP contribution in [0, 0.1) is 0 Å². The molecule has 1 heterocycles. The van der Waals surface area contributed by atoms with Crippen molar-refractivity contribution >= 4 is 28.8 Å². The molecule has 1 fully saturated rings. The Kier molecular flexibility index (Phi) is 7.85. The molecule has 6 nitrogen and oxygen atoms in total. The Balaban J connectivity index is 1.80. The van der Waals surface area contributed by atoms with Crippen LogP contribution in [-0.4, -0.2) is 32.1 Å². The van der Waals surface area contributed by atoms with E-state index in [-0.39, 0.29) is 24.3 Å². The first-order chi connectivity index (χ1) is 16.6. The Labute approximate surface area is 204 Å². The summed E-state index contributed by atoms with van der Waals surface area (Å²) in [6, 6.07) is 17.9. The highest BCUT2D eigenvalue weighted by atomic mass is 32.1. The molecule has 1 unspecified atom stereocenters. The van der Waals surface area contributed by atoms with Crippen LogP contribution in [0.5, 0.6) is 11.5 Å². The Morgan fingerprint density at radius 1 is 1.03 bits per heavy atom. The SMILES string of the molecule is COc1ccc(N(C(=O)Cc2cccs2)C(C(=O)NC2CCCC2)c2ccccc2)c(OC)c1. The van der Waals surface area contributed by atoms with Gasteiger partial charge in [-0.25, -0.2) is 0 Å². The second-order valence-electron chi connectivity index (χ2n) is 8.36. The van der Waals surface area contributed by atoms with Gasteiger partial charge in [-0.3, -0.25) is 14.5 Å². The summed E-state index contributed by atoms with van der Waals surface area (Å²) < 4.78 is 11.0. The summed E-state index contributed by atoms with van der Waals surface area (Å²) in [5.41, 5.74) is 1.27. The first-order valence-electron chi connectivity index (χ1n) is 11.5. The van der Waals surface area contributed by atoms with E-state index in [2.05, 4.69) is 5.32 Å². The maximum Gasteiger partial charge on any atom is 0.248 e. The monoisotopic (exact) mass is 478 g/mol. The average Bonchev–Trinajstić information content (AvgIpc) is 3.57. The van der Waals surface area contributed by atoms with Gasteiger partial charge in [-0.1, -0.05) is 49.2 Å². The normalized spacial score (nSPS) is 14.4. The van der Waals surface area contributed by atoms with Crippen molar-refractivity contribution in [2.45, 2.75) is 44.2 Å². The van der Waals surface area contributed by atoms with E-state index < -0.39 is 6.04 Å². The predicted octanol–water partition coefficient (Wildman–Crippen LogP) is 5.14. The Morgan fingerprint density at radius 2 is 1.79 bits per heavy atom. The number of ether oxygens (including phenoxy) is 2. The highest BCUT2D eigenvalue weighted by molar-refractivity contribution is 7.10. The van der Waals surface area contributed by atoms with E-state index in [1.807, 2.05) is 47.8 Å². The van der Waals surface area contributed by atoms with Crippen LogP contribution in [0.4, 0.5) is 5.69 Å². The van der Waals surface area contributed by atoms with Gasteiger partial charge in [0.2, 0.25) is 11.8 Å². The molecule has 0 bridgehead atoms. The van der Waals surface area contributed by atoms with Crippen molar-refractivity contribution < 1.29 is 19.1 Å². The largest absolute Gasteiger partial charge is 0.497 e. The molecule has 0 spiro atoms. The molecule has 0 radical (unpaired) electrons. The number of amides is 2. The lowest BCUT2D eigenvalue weighted by Crippen LogP contribution is -2.47. The molecule has 4 rings (SSSR count). The van der Waals surface area contributed by atoms with Gasteiger partial charge in [-0.2, -0.15) is 0 Å². The van der Waals surface area contributed by atoms with Gasteiger partial charge in [0.25, 0.3) is 0 Å². The van der Waals surface area contributed by atoms with Crippen molar-refractivity contribution in [3.8, 4) is 11.5 Å². The number of thiophene rings is 1. The lowest BCUT2D eigenvalue weighted by molar-refractivity contribution is -0.127. The highest BCUT2D eigenvalue weighted by Crippen LogP contribution is 2.38. The molecule has 1 aromatic heterocycles. The number of hydrogen-bond acceptors (Lipinski definition) is 5. The van der Waals surface area contributed by atoms with Crippen molar-refractivity contribution in [3.05, 3.63) is 76.5 Å². The summed E-state index contributed by atoms with van der Waals surface area (Å²) in [5, 5.41) is 5.15. The van der Waals surface area contributed by atoms with Crippen LogP contribution in [0.2, 0.25) is 0 Å². The summed E-state index contributed by atoms with van der Waals surface area (Å²) in [6.07, 6.45) is 4.32. The van der Waals surface area contributed by atoms with Crippen LogP contribution in [0.25, 0.3) is 0 Å². The summed E-state index contributed by atoms with van der Waals surface area (Å²) >= 11 is 1.52. The van der Waals surface area contributed by atoms with Crippen molar-refractivity contribution in [2.24, 2.45) is 0 Å². The number of anilines is 1. The number of rotatable bonds is 9. The Morgan fingerprint density at radius 3 is 2.44 bits per heavy atom. The highest BCUT2D eigenvalue weighted by Gasteiger charge is 2.35. The first-order valence-corrected chi connectivity index (χ1v) is 12.4. The fourth-order valence-electron chi connectivity index (χ4n) is 4.45. The van der Waals surface area contributed by atoms with E-state index in [1.54, 1.807) is 37.3 Å². The lowest BCUT2D eigenvalue weighted by Gasteiger charge is -2.33. The molecule has 0 aliphatic heterocycles. The van der Waals surface area contributed by atoms with Gasteiger partial charge in [0.15, 0.2) is 0 Å². The molecular weight excluding hydrogens is 448 g/mol. The van der Waals surface area contributed by atoms with Gasteiger partial charge in [-0.05, 0) is 42.0 Å². The van der Waals surface area contributed by atoms with Gasteiger partial charge in [-0.15, -0.1) is 11.3 Å². The van der Waals surface area contributed by atoms with Crippen molar-refractivity contribution in [3.63, 3.8) is 0 Å². The number of carbonyl (C=O) groups excluding carboxylic acids is 2. The molecule has 7 heteroatoms. The predicted molar refractivity (Wildman–Crippen MR) is 135 cm³/mol. The fourth-order valence-corrected chi connectivity index (χ4v) is 5.15. The van der Waals surface area contributed by atoms with E-state index in [0.29, 0.717) is 17.2 Å². The van der Waals surface area contributed by atoms with E-state index in [0.717, 1.165) is 36.1 Å². The van der Waals surface area contributed by atoms with Gasteiger partial charge < -0.3 is 14.8 Å². The smallest absolute Gasteiger partial charge is 0.248 e. The summed E-state index contributed by atoms with van der Waals surface area (Å²) in [5.74, 6) is 0.711. The minimum Gasteiger partial charge on any atom is -0.497 e. The van der Waals surface area contributed by atoms with E-state index >= 15 is 0 Å². The van der Waals surface area contributed by atoms with Crippen molar-refractivity contribution in [2.75, 3.05) is 19.1 Å². The zero-order chi connectivity index (χ0) is 23.9. The van der Waals surface area contributed by atoms with Crippen LogP contribution in [0.15, 0.2) is 66.0 Å². The van der Waals surface area contributed by atoms with E-state index in [4.69, 9.17) is 9.47 Å². The molecule has 34 heavy (non-hydrogen) atoms. The third-order valence-electron chi connectivity index (χ3n) is 6.14. The zero-order valence-corrected chi connectivity index (χ0v) is 20.3. The average molecular weight is 479 g/mol.